The first-order valence-electron chi connectivity index (χ1n) is 5.42. The van der Waals surface area contributed by atoms with Crippen LogP contribution in [0, 0.1) is 5.92 Å². The van der Waals surface area contributed by atoms with Crippen LogP contribution in [0.15, 0.2) is 23.1 Å². The van der Waals surface area contributed by atoms with E-state index in [0.717, 1.165) is 5.92 Å². The van der Waals surface area contributed by atoms with Gasteiger partial charge >= 0.3 is 0 Å². The van der Waals surface area contributed by atoms with E-state index in [9.17, 15) is 0 Å². The van der Waals surface area contributed by atoms with Crippen molar-refractivity contribution in [1.29, 1.82) is 0 Å². The van der Waals surface area contributed by atoms with Crippen molar-refractivity contribution in [1.82, 2.24) is 0 Å². The molecule has 0 saturated carbocycles. The van der Waals surface area contributed by atoms with E-state index in [1.807, 2.05) is 11.8 Å². The predicted octanol–water partition coefficient (Wildman–Crippen LogP) is 4.78. The largest absolute Gasteiger partial charge is 0.125 e. The van der Waals surface area contributed by atoms with Crippen LogP contribution in [0.2, 0.25) is 0 Å². The molecule has 1 heteroatoms. The molecule has 0 aromatic carbocycles. The zero-order chi connectivity index (χ0) is 10.8. The van der Waals surface area contributed by atoms with Crippen LogP contribution in [0.4, 0.5) is 0 Å². The highest BCUT2D eigenvalue weighted by atomic mass is 32.2. The Morgan fingerprint density at radius 1 is 1.57 bits per heavy atom. The summed E-state index contributed by atoms with van der Waals surface area (Å²) in [5.74, 6) is 0.813. The molecule has 0 aromatic rings. The summed E-state index contributed by atoms with van der Waals surface area (Å²) in [6, 6.07) is 0. The van der Waals surface area contributed by atoms with Crippen LogP contribution in [0.5, 0.6) is 0 Å². The molecule has 0 aliphatic heterocycles. The van der Waals surface area contributed by atoms with Gasteiger partial charge < -0.3 is 0 Å². The van der Waals surface area contributed by atoms with Gasteiger partial charge in [0.15, 0.2) is 0 Å². The number of thioether (sulfide) groups is 1. The first-order chi connectivity index (χ1) is 6.42. The molecule has 1 atom stereocenters. The van der Waals surface area contributed by atoms with Gasteiger partial charge in [0.25, 0.3) is 0 Å². The Bertz CT molecular complexity index is 248. The van der Waals surface area contributed by atoms with E-state index in [1.165, 1.54) is 24.2 Å². The maximum Gasteiger partial charge on any atom is 0.0178 e. The van der Waals surface area contributed by atoms with E-state index in [4.69, 9.17) is 0 Å². The van der Waals surface area contributed by atoms with Gasteiger partial charge in [0.1, 0.15) is 0 Å². The lowest BCUT2D eigenvalue weighted by Crippen LogP contribution is -2.28. The van der Waals surface area contributed by atoms with Crippen molar-refractivity contribution in [3.8, 4) is 0 Å². The summed E-state index contributed by atoms with van der Waals surface area (Å²) in [6.07, 6.45) is 6.29. The summed E-state index contributed by atoms with van der Waals surface area (Å²) < 4.78 is 0.350. The third-order valence-electron chi connectivity index (χ3n) is 3.06. The molecule has 0 radical (unpaired) electrons. The lowest BCUT2D eigenvalue weighted by Gasteiger charge is -2.35. The van der Waals surface area contributed by atoms with Crippen LogP contribution in [-0.4, -0.2) is 4.75 Å². The maximum atomic E-state index is 4.00. The first kappa shape index (κ1) is 11.9. The van der Waals surface area contributed by atoms with Crippen molar-refractivity contribution >= 4 is 11.8 Å². The van der Waals surface area contributed by atoms with Crippen LogP contribution in [0.25, 0.3) is 0 Å². The summed E-state index contributed by atoms with van der Waals surface area (Å²) in [4.78, 5) is 1.24. The molecule has 0 amide bonds. The molecule has 0 saturated heterocycles. The lowest BCUT2D eigenvalue weighted by molar-refractivity contribution is 0.385. The Hall–Kier alpha value is -0.170. The molecule has 0 heterocycles. The Morgan fingerprint density at radius 3 is 2.64 bits per heavy atom. The highest BCUT2D eigenvalue weighted by Crippen LogP contribution is 2.42. The van der Waals surface area contributed by atoms with E-state index in [-0.39, 0.29) is 0 Å². The Morgan fingerprint density at radius 2 is 2.21 bits per heavy atom. The highest BCUT2D eigenvalue weighted by Gasteiger charge is 2.30. The summed E-state index contributed by atoms with van der Waals surface area (Å²) in [5, 5.41) is 0. The molecular formula is C13H22S. The van der Waals surface area contributed by atoms with Gasteiger partial charge in [-0.1, -0.05) is 32.1 Å². The smallest absolute Gasteiger partial charge is 0.0178 e. The zero-order valence-electron chi connectivity index (χ0n) is 9.89. The van der Waals surface area contributed by atoms with E-state index in [2.05, 4.69) is 40.3 Å². The highest BCUT2D eigenvalue weighted by molar-refractivity contribution is 8.04. The molecule has 0 spiro atoms. The lowest BCUT2D eigenvalue weighted by atomic mass is 9.82. The number of allylic oxidation sites excluding steroid dienone is 3. The van der Waals surface area contributed by atoms with Crippen molar-refractivity contribution in [3.05, 3.63) is 23.1 Å². The topological polar surface area (TPSA) is 0 Å². The molecule has 14 heavy (non-hydrogen) atoms. The van der Waals surface area contributed by atoms with E-state index in [1.54, 1.807) is 5.57 Å². The van der Waals surface area contributed by atoms with Gasteiger partial charge in [-0.15, -0.1) is 11.8 Å². The molecule has 0 fully saturated rings. The van der Waals surface area contributed by atoms with Crippen LogP contribution >= 0.6 is 11.8 Å². The van der Waals surface area contributed by atoms with Crippen LogP contribution in [-0.2, 0) is 0 Å². The van der Waals surface area contributed by atoms with Gasteiger partial charge in [-0.3, -0.25) is 0 Å². The minimum absolute atomic E-state index is 0.350. The third-order valence-corrected chi connectivity index (χ3v) is 4.27. The zero-order valence-corrected chi connectivity index (χ0v) is 10.7. The average Bonchev–Trinajstić information content (AvgIpc) is 2.02. The van der Waals surface area contributed by atoms with Crippen LogP contribution < -0.4 is 0 Å². The molecule has 0 nitrogen and oxygen atoms in total. The number of rotatable bonds is 3. The van der Waals surface area contributed by atoms with Crippen molar-refractivity contribution in [2.45, 2.75) is 51.7 Å². The number of hydrogen-bond acceptors (Lipinski definition) is 1. The molecule has 1 unspecified atom stereocenters. The van der Waals surface area contributed by atoms with E-state index < -0.39 is 0 Å². The fraction of sp³-hybridized carbons (Fsp3) is 0.692. The molecule has 1 rings (SSSR count). The fourth-order valence-electron chi connectivity index (χ4n) is 2.13. The Balaban J connectivity index is 2.60. The minimum Gasteiger partial charge on any atom is -0.125 e. The van der Waals surface area contributed by atoms with Crippen molar-refractivity contribution in [3.63, 3.8) is 0 Å². The number of hydrogen-bond donors (Lipinski definition) is 0. The van der Waals surface area contributed by atoms with Gasteiger partial charge in [-0.2, -0.15) is 0 Å². The average molecular weight is 210 g/mol. The second kappa shape index (κ2) is 4.57. The van der Waals surface area contributed by atoms with Crippen LogP contribution in [0.3, 0.4) is 0 Å². The van der Waals surface area contributed by atoms with Crippen LogP contribution in [0.1, 0.15) is 47.0 Å². The third kappa shape index (κ3) is 3.20. The normalized spacial score (nSPS) is 23.1. The van der Waals surface area contributed by atoms with E-state index in [0.29, 0.717) is 4.75 Å². The summed E-state index contributed by atoms with van der Waals surface area (Å²) in [6.45, 7) is 13.1. The summed E-state index contributed by atoms with van der Waals surface area (Å²) in [7, 11) is 0. The van der Waals surface area contributed by atoms with Gasteiger partial charge in [-0.25, -0.2) is 0 Å². The molecule has 1 aliphatic carbocycles. The first-order valence-corrected chi connectivity index (χ1v) is 6.23. The van der Waals surface area contributed by atoms with Crippen molar-refractivity contribution in [2.75, 3.05) is 0 Å². The molecular weight excluding hydrogens is 188 g/mol. The van der Waals surface area contributed by atoms with E-state index >= 15 is 0 Å². The molecule has 1 aliphatic rings. The van der Waals surface area contributed by atoms with Gasteiger partial charge in [0.2, 0.25) is 0 Å². The SMILES string of the molecule is C=C(C)SC(C)(C)C1CC=C(C)CC1. The monoisotopic (exact) mass is 210 g/mol. The Kier molecular flexibility index (Phi) is 3.88. The quantitative estimate of drug-likeness (QED) is 0.604. The minimum atomic E-state index is 0.350. The molecule has 0 bridgehead atoms. The fourth-order valence-corrected chi connectivity index (χ4v) is 3.41. The predicted molar refractivity (Wildman–Crippen MR) is 67.6 cm³/mol. The van der Waals surface area contributed by atoms with Crippen molar-refractivity contribution < 1.29 is 0 Å². The molecule has 0 aromatic heterocycles. The van der Waals surface area contributed by atoms with Crippen molar-refractivity contribution in [2.24, 2.45) is 5.92 Å². The summed E-state index contributed by atoms with van der Waals surface area (Å²) >= 11 is 1.94. The van der Waals surface area contributed by atoms with Gasteiger partial charge in [0, 0.05) is 4.75 Å². The van der Waals surface area contributed by atoms with Gasteiger partial charge in [-0.05, 0) is 43.9 Å². The maximum absolute atomic E-state index is 4.00. The second-order valence-electron chi connectivity index (χ2n) is 4.93. The Labute approximate surface area is 92.9 Å². The second-order valence-corrected chi connectivity index (χ2v) is 6.88. The molecule has 80 valence electrons. The summed E-state index contributed by atoms with van der Waals surface area (Å²) in [5.41, 5.74) is 1.57. The standard InChI is InChI=1S/C13H22S/c1-10(2)14-13(4,5)12-8-6-11(3)7-9-12/h6,12H,1,7-9H2,2-5H3. The molecule has 0 N–H and O–H groups in total. The van der Waals surface area contributed by atoms with Gasteiger partial charge in [0.05, 0.1) is 0 Å².